The minimum absolute atomic E-state index is 0.219. The predicted octanol–water partition coefficient (Wildman–Crippen LogP) is 0.542. The van der Waals surface area contributed by atoms with Crippen LogP contribution >= 0.6 is 0 Å². The summed E-state index contributed by atoms with van der Waals surface area (Å²) >= 11 is 0. The Morgan fingerprint density at radius 3 is 3.23 bits per heavy atom. The van der Waals surface area contributed by atoms with E-state index >= 15 is 0 Å². The van der Waals surface area contributed by atoms with Crippen molar-refractivity contribution in [1.82, 2.24) is 0 Å². The van der Waals surface area contributed by atoms with E-state index in [1.807, 2.05) is 0 Å². The molecule has 0 aromatic carbocycles. The van der Waals surface area contributed by atoms with E-state index in [9.17, 15) is 0 Å². The zero-order chi connectivity index (χ0) is 9.26. The number of rotatable bonds is 3. The van der Waals surface area contributed by atoms with Gasteiger partial charge in [-0.2, -0.15) is 0 Å². The molecule has 13 heavy (non-hydrogen) atoms. The Bertz CT molecular complexity index is 302. The highest BCUT2D eigenvalue weighted by Crippen LogP contribution is 2.40. The van der Waals surface area contributed by atoms with E-state index in [0.29, 0.717) is 0 Å². The topological polar surface area (TPSA) is 29.5 Å². The monoisotopic (exact) mass is 176 g/mol. The van der Waals surface area contributed by atoms with Crippen LogP contribution in [-0.2, 0) is 4.74 Å². The Balaban J connectivity index is 2.09. The Hall–Kier alpha value is -0.795. The van der Waals surface area contributed by atoms with Crippen LogP contribution < -0.4 is 0 Å². The van der Waals surface area contributed by atoms with Crippen molar-refractivity contribution in [2.45, 2.75) is 12.5 Å². The maximum Gasteiger partial charge on any atom is 0.188 e. The van der Waals surface area contributed by atoms with E-state index in [-0.39, 0.29) is 12.6 Å². The van der Waals surface area contributed by atoms with E-state index in [4.69, 9.17) is 9.84 Å². The molecule has 0 heterocycles. The quantitative estimate of drug-likeness (QED) is 0.636. The van der Waals surface area contributed by atoms with Crippen molar-refractivity contribution in [1.29, 1.82) is 0 Å². The van der Waals surface area contributed by atoms with E-state index < -0.39 is 0 Å². The number of hydrogen-bond acceptors (Lipinski definition) is 2. The summed E-state index contributed by atoms with van der Waals surface area (Å²) < 4.78 is 5.28. The van der Waals surface area contributed by atoms with E-state index in [2.05, 4.69) is 18.2 Å². The number of allylic oxidation sites excluding steroid dienone is 3. The molecule has 2 aliphatic carbocycles. The molecule has 0 bridgehead atoms. The van der Waals surface area contributed by atoms with Crippen LogP contribution in [0.15, 0.2) is 34.8 Å². The fraction of sp³-hybridized carbons (Fsp3) is 0.400. The first-order valence-corrected chi connectivity index (χ1v) is 4.60. The van der Waals surface area contributed by atoms with Gasteiger partial charge in [-0.3, -0.25) is 0 Å². The van der Waals surface area contributed by atoms with Gasteiger partial charge < -0.3 is 9.84 Å². The van der Waals surface area contributed by atoms with Gasteiger partial charge in [0.2, 0.25) is 0 Å². The SMILES string of the molecule is CO[C@H]1C2=C1CC=CC(BCO)=C2. The van der Waals surface area contributed by atoms with Crippen molar-refractivity contribution < 1.29 is 9.84 Å². The van der Waals surface area contributed by atoms with Crippen molar-refractivity contribution in [2.24, 2.45) is 0 Å². The van der Waals surface area contributed by atoms with Crippen molar-refractivity contribution in [3.05, 3.63) is 34.8 Å². The molecule has 3 heteroatoms. The average molecular weight is 176 g/mol. The number of aliphatic hydroxyl groups is 1. The fourth-order valence-electron chi connectivity index (χ4n) is 1.79. The highest BCUT2D eigenvalue weighted by Gasteiger charge is 2.34. The summed E-state index contributed by atoms with van der Waals surface area (Å²) in [5.41, 5.74) is 3.91. The number of aliphatic hydroxyl groups excluding tert-OH is 1. The highest BCUT2D eigenvalue weighted by molar-refractivity contribution is 6.46. The van der Waals surface area contributed by atoms with Gasteiger partial charge in [-0.1, -0.05) is 23.7 Å². The number of methoxy groups -OCH3 is 1. The summed E-state index contributed by atoms with van der Waals surface area (Å²) in [4.78, 5) is 0. The van der Waals surface area contributed by atoms with Crippen LogP contribution in [0.4, 0.5) is 0 Å². The lowest BCUT2D eigenvalue weighted by Gasteiger charge is -1.99. The van der Waals surface area contributed by atoms with Gasteiger partial charge in [-0.25, -0.2) is 0 Å². The standard InChI is InChI=1S/C10H13BO2/c1-13-10-8-4-2-3-7(11-6-12)5-9(8)10/h2-3,5,10-12H,4,6H2,1H3/t10-/m1/s1. The molecule has 2 nitrogen and oxygen atoms in total. The van der Waals surface area contributed by atoms with Gasteiger partial charge >= 0.3 is 0 Å². The van der Waals surface area contributed by atoms with Gasteiger partial charge in [-0.05, 0) is 17.6 Å². The summed E-state index contributed by atoms with van der Waals surface area (Å²) in [7, 11) is 2.48. The Morgan fingerprint density at radius 1 is 1.69 bits per heavy atom. The van der Waals surface area contributed by atoms with Crippen LogP contribution in [0.5, 0.6) is 0 Å². The molecule has 0 amide bonds. The van der Waals surface area contributed by atoms with E-state index in [1.165, 1.54) is 16.6 Å². The molecule has 2 rings (SSSR count). The third-order valence-corrected chi connectivity index (χ3v) is 2.53. The van der Waals surface area contributed by atoms with Gasteiger partial charge in [0.25, 0.3) is 0 Å². The van der Waals surface area contributed by atoms with Gasteiger partial charge in [0, 0.05) is 13.6 Å². The molecule has 1 atom stereocenters. The fourth-order valence-corrected chi connectivity index (χ4v) is 1.79. The Labute approximate surface area is 78.8 Å². The second-order valence-electron chi connectivity index (χ2n) is 3.40. The van der Waals surface area contributed by atoms with Crippen LogP contribution in [-0.4, -0.2) is 32.1 Å². The first-order chi connectivity index (χ1) is 6.36. The molecule has 68 valence electrons. The lowest BCUT2D eigenvalue weighted by Crippen LogP contribution is -2.01. The summed E-state index contributed by atoms with van der Waals surface area (Å²) in [5.74, 6) is 0. The summed E-state index contributed by atoms with van der Waals surface area (Å²) in [5, 5.41) is 8.81. The third-order valence-electron chi connectivity index (χ3n) is 2.53. The Morgan fingerprint density at radius 2 is 2.54 bits per heavy atom. The van der Waals surface area contributed by atoms with Crippen LogP contribution in [0.1, 0.15) is 6.42 Å². The second kappa shape index (κ2) is 3.52. The molecule has 0 aromatic rings. The number of ether oxygens (including phenoxy) is 1. The van der Waals surface area contributed by atoms with Gasteiger partial charge in [0.15, 0.2) is 7.28 Å². The van der Waals surface area contributed by atoms with Crippen molar-refractivity contribution in [3.8, 4) is 0 Å². The molecular weight excluding hydrogens is 163 g/mol. The van der Waals surface area contributed by atoms with Crippen molar-refractivity contribution >= 4 is 7.28 Å². The summed E-state index contributed by atoms with van der Waals surface area (Å²) in [6.45, 7) is 0.219. The van der Waals surface area contributed by atoms with E-state index in [0.717, 1.165) is 13.7 Å². The molecular formula is C10H13BO2. The molecule has 0 unspecified atom stereocenters. The molecule has 0 aromatic heterocycles. The lowest BCUT2D eigenvalue weighted by atomic mass is 9.70. The molecule has 0 saturated heterocycles. The smallest absolute Gasteiger partial charge is 0.188 e. The average Bonchev–Trinajstić information content (AvgIpc) is 2.79. The minimum atomic E-state index is 0.219. The van der Waals surface area contributed by atoms with Crippen LogP contribution in [0.2, 0.25) is 0 Å². The highest BCUT2D eigenvalue weighted by atomic mass is 16.5. The van der Waals surface area contributed by atoms with Crippen molar-refractivity contribution in [3.63, 3.8) is 0 Å². The largest absolute Gasteiger partial charge is 0.404 e. The first kappa shape index (κ1) is 8.79. The zero-order valence-corrected chi connectivity index (χ0v) is 7.79. The molecule has 0 aliphatic heterocycles. The molecule has 1 N–H and O–H groups in total. The molecule has 0 spiro atoms. The van der Waals surface area contributed by atoms with E-state index in [1.54, 1.807) is 7.11 Å². The van der Waals surface area contributed by atoms with Gasteiger partial charge in [-0.15, -0.1) is 0 Å². The zero-order valence-electron chi connectivity index (χ0n) is 7.79. The predicted molar refractivity (Wildman–Crippen MR) is 53.9 cm³/mol. The lowest BCUT2D eigenvalue weighted by molar-refractivity contribution is 0.192. The normalized spacial score (nSPS) is 25.1. The number of hydrogen-bond donors (Lipinski definition) is 1. The molecule has 0 saturated carbocycles. The van der Waals surface area contributed by atoms with Crippen LogP contribution in [0.25, 0.3) is 0 Å². The summed E-state index contributed by atoms with van der Waals surface area (Å²) in [6, 6.07) is 0. The molecule has 0 radical (unpaired) electrons. The first-order valence-electron chi connectivity index (χ1n) is 4.60. The van der Waals surface area contributed by atoms with Gasteiger partial charge in [0.1, 0.15) is 6.10 Å². The third kappa shape index (κ3) is 1.62. The Kier molecular flexibility index (Phi) is 2.38. The molecule has 2 aliphatic rings. The van der Waals surface area contributed by atoms with Crippen LogP contribution in [0, 0.1) is 0 Å². The maximum absolute atomic E-state index is 8.81. The minimum Gasteiger partial charge on any atom is -0.404 e. The molecule has 0 fully saturated rings. The van der Waals surface area contributed by atoms with Gasteiger partial charge in [0.05, 0.1) is 0 Å². The maximum atomic E-state index is 8.81. The summed E-state index contributed by atoms with van der Waals surface area (Å²) in [6.07, 6.45) is 7.64. The second-order valence-corrected chi connectivity index (χ2v) is 3.40. The van der Waals surface area contributed by atoms with Crippen LogP contribution in [0.3, 0.4) is 0 Å². The van der Waals surface area contributed by atoms with Crippen molar-refractivity contribution in [2.75, 3.05) is 13.6 Å².